The van der Waals surface area contributed by atoms with Gasteiger partial charge in [-0.25, -0.2) is 4.79 Å². The highest BCUT2D eigenvalue weighted by atomic mass is 16.4. The second kappa shape index (κ2) is 4.85. The summed E-state index contributed by atoms with van der Waals surface area (Å²) in [6, 6.07) is 7.26. The van der Waals surface area contributed by atoms with Crippen LogP contribution in [0.1, 0.15) is 5.56 Å². The maximum atomic E-state index is 12.0. The topological polar surface area (TPSA) is 90.9 Å². The summed E-state index contributed by atoms with van der Waals surface area (Å²) >= 11 is 0. The highest BCUT2D eigenvalue weighted by Gasteiger charge is 2.11. The van der Waals surface area contributed by atoms with Crippen LogP contribution in [0.2, 0.25) is 0 Å². The molecule has 5 nitrogen and oxygen atoms in total. The summed E-state index contributed by atoms with van der Waals surface area (Å²) in [5.41, 5.74) is -0.113. The number of rotatable bonds is 0. The van der Waals surface area contributed by atoms with Gasteiger partial charge in [0.25, 0.3) is 0 Å². The van der Waals surface area contributed by atoms with E-state index in [1.54, 1.807) is 6.07 Å². The molecule has 2 aromatic carbocycles. The monoisotopic (exact) mass is 282 g/mol. The molecule has 104 valence electrons. The molecule has 0 amide bonds. The van der Waals surface area contributed by atoms with Crippen LogP contribution < -0.4 is 5.63 Å². The fraction of sp³-hybridized carbons (Fsp3) is 0.0625. The van der Waals surface area contributed by atoms with Gasteiger partial charge in [0.15, 0.2) is 0 Å². The molecule has 0 fully saturated rings. The van der Waals surface area contributed by atoms with Gasteiger partial charge in [-0.15, -0.1) is 0 Å². The molecule has 0 aliphatic heterocycles. The fourth-order valence-electron chi connectivity index (χ4n) is 2.19. The number of fused-ring (bicyclic) bond motifs is 3. The Balaban J connectivity index is 2.43. The zero-order valence-corrected chi connectivity index (χ0v) is 10.8. The SMILES string of the molecule is O=c1oc2cc(O)ccc2c2cc(O)c(C#CCO)cc12. The van der Waals surface area contributed by atoms with E-state index >= 15 is 0 Å². The second-order valence-corrected chi connectivity index (χ2v) is 4.44. The molecule has 0 saturated carbocycles. The lowest BCUT2D eigenvalue weighted by atomic mass is 10.0. The molecule has 21 heavy (non-hydrogen) atoms. The maximum Gasteiger partial charge on any atom is 0.344 e. The van der Waals surface area contributed by atoms with Crippen molar-refractivity contribution in [1.82, 2.24) is 0 Å². The molecular formula is C16H10O5. The molecule has 3 rings (SSSR count). The van der Waals surface area contributed by atoms with Crippen molar-refractivity contribution < 1.29 is 19.7 Å². The van der Waals surface area contributed by atoms with Crippen LogP contribution in [0.3, 0.4) is 0 Å². The Labute approximate surface area is 118 Å². The van der Waals surface area contributed by atoms with Crippen molar-refractivity contribution in [1.29, 1.82) is 0 Å². The quantitative estimate of drug-likeness (QED) is 0.332. The van der Waals surface area contributed by atoms with Crippen molar-refractivity contribution in [2.75, 3.05) is 6.61 Å². The molecule has 0 atom stereocenters. The first-order chi connectivity index (χ1) is 10.1. The number of phenolic OH excluding ortho intramolecular Hbond substituents is 2. The first-order valence-electron chi connectivity index (χ1n) is 6.12. The van der Waals surface area contributed by atoms with E-state index in [2.05, 4.69) is 11.8 Å². The van der Waals surface area contributed by atoms with Gasteiger partial charge in [-0.05, 0) is 24.3 Å². The van der Waals surface area contributed by atoms with E-state index in [1.165, 1.54) is 24.3 Å². The van der Waals surface area contributed by atoms with Gasteiger partial charge in [-0.2, -0.15) is 0 Å². The van der Waals surface area contributed by atoms with Gasteiger partial charge in [0.1, 0.15) is 23.7 Å². The van der Waals surface area contributed by atoms with E-state index < -0.39 is 5.63 Å². The Morgan fingerprint density at radius 2 is 1.86 bits per heavy atom. The summed E-state index contributed by atoms with van der Waals surface area (Å²) in [6.07, 6.45) is 0. The molecule has 1 aromatic heterocycles. The van der Waals surface area contributed by atoms with E-state index in [0.29, 0.717) is 10.8 Å². The van der Waals surface area contributed by atoms with E-state index in [4.69, 9.17) is 9.52 Å². The standard InChI is InChI=1S/C16H10O5/c17-5-1-2-9-6-13-12(8-14(9)19)11-4-3-10(18)7-15(11)21-16(13)20/h3-4,6-8,17-19H,5H2. The minimum absolute atomic E-state index is 0.0142. The van der Waals surface area contributed by atoms with E-state index in [-0.39, 0.29) is 34.6 Å². The lowest BCUT2D eigenvalue weighted by Gasteiger charge is -2.05. The summed E-state index contributed by atoms with van der Waals surface area (Å²) in [4.78, 5) is 12.0. The van der Waals surface area contributed by atoms with Crippen molar-refractivity contribution in [3.05, 3.63) is 46.3 Å². The molecule has 0 spiro atoms. The average Bonchev–Trinajstić information content (AvgIpc) is 2.45. The summed E-state index contributed by atoms with van der Waals surface area (Å²) in [5.74, 6) is 4.87. The number of phenols is 2. The largest absolute Gasteiger partial charge is 0.508 e. The van der Waals surface area contributed by atoms with Gasteiger partial charge >= 0.3 is 5.63 Å². The predicted molar refractivity (Wildman–Crippen MR) is 77.3 cm³/mol. The van der Waals surface area contributed by atoms with Crippen LogP contribution >= 0.6 is 0 Å². The Morgan fingerprint density at radius 3 is 2.62 bits per heavy atom. The zero-order chi connectivity index (χ0) is 15.0. The number of benzene rings is 2. The number of aliphatic hydroxyl groups excluding tert-OH is 1. The highest BCUT2D eigenvalue weighted by Crippen LogP contribution is 2.30. The zero-order valence-electron chi connectivity index (χ0n) is 10.8. The van der Waals surface area contributed by atoms with E-state index in [0.717, 1.165) is 0 Å². The predicted octanol–water partition coefficient (Wildman–Crippen LogP) is 1.70. The lowest BCUT2D eigenvalue weighted by molar-refractivity contribution is 0.350. The highest BCUT2D eigenvalue weighted by molar-refractivity contribution is 6.05. The minimum Gasteiger partial charge on any atom is -0.508 e. The maximum absolute atomic E-state index is 12.0. The van der Waals surface area contributed by atoms with Gasteiger partial charge in [0, 0.05) is 16.8 Å². The third-order valence-corrected chi connectivity index (χ3v) is 3.12. The molecule has 0 bridgehead atoms. The minimum atomic E-state index is -0.588. The molecule has 0 unspecified atom stereocenters. The van der Waals surface area contributed by atoms with Crippen LogP contribution in [0.4, 0.5) is 0 Å². The van der Waals surface area contributed by atoms with Crippen LogP contribution in [0.15, 0.2) is 39.5 Å². The third kappa shape index (κ3) is 2.18. The van der Waals surface area contributed by atoms with Gasteiger partial charge < -0.3 is 19.7 Å². The van der Waals surface area contributed by atoms with E-state index in [1.807, 2.05) is 0 Å². The molecule has 3 aromatic rings. The van der Waals surface area contributed by atoms with Crippen molar-refractivity contribution in [2.45, 2.75) is 0 Å². The summed E-state index contributed by atoms with van der Waals surface area (Å²) in [6.45, 7) is -0.344. The number of aliphatic hydroxyl groups is 1. The third-order valence-electron chi connectivity index (χ3n) is 3.12. The Hall–Kier alpha value is -2.97. The Kier molecular flexibility index (Phi) is 3.01. The normalized spacial score (nSPS) is 10.5. The Morgan fingerprint density at radius 1 is 1.05 bits per heavy atom. The molecule has 0 radical (unpaired) electrons. The summed E-state index contributed by atoms with van der Waals surface area (Å²) in [7, 11) is 0. The number of hydrogen-bond acceptors (Lipinski definition) is 5. The van der Waals surface area contributed by atoms with Crippen molar-refractivity contribution in [2.24, 2.45) is 0 Å². The molecule has 5 heteroatoms. The first kappa shape index (κ1) is 13.0. The van der Waals surface area contributed by atoms with Crippen LogP contribution in [0.25, 0.3) is 21.7 Å². The number of hydrogen-bond donors (Lipinski definition) is 3. The van der Waals surface area contributed by atoms with Crippen LogP contribution in [-0.2, 0) is 0 Å². The van der Waals surface area contributed by atoms with Crippen LogP contribution in [-0.4, -0.2) is 21.9 Å². The van der Waals surface area contributed by atoms with Gasteiger partial charge in [0.2, 0.25) is 0 Å². The van der Waals surface area contributed by atoms with Crippen molar-refractivity contribution in [3.8, 4) is 23.3 Å². The fourth-order valence-corrected chi connectivity index (χ4v) is 2.19. The van der Waals surface area contributed by atoms with Gasteiger partial charge in [-0.1, -0.05) is 11.8 Å². The first-order valence-corrected chi connectivity index (χ1v) is 6.12. The van der Waals surface area contributed by atoms with E-state index in [9.17, 15) is 15.0 Å². The van der Waals surface area contributed by atoms with Crippen molar-refractivity contribution >= 4 is 21.7 Å². The van der Waals surface area contributed by atoms with Gasteiger partial charge in [-0.3, -0.25) is 0 Å². The number of aromatic hydroxyl groups is 2. The molecule has 0 aliphatic carbocycles. The van der Waals surface area contributed by atoms with Crippen molar-refractivity contribution in [3.63, 3.8) is 0 Å². The van der Waals surface area contributed by atoms with Crippen LogP contribution in [0.5, 0.6) is 11.5 Å². The van der Waals surface area contributed by atoms with Gasteiger partial charge in [0.05, 0.1) is 10.9 Å². The Bertz CT molecular complexity index is 973. The molecule has 3 N–H and O–H groups in total. The summed E-state index contributed by atoms with van der Waals surface area (Å²) < 4.78 is 5.16. The average molecular weight is 282 g/mol. The summed E-state index contributed by atoms with van der Waals surface area (Å²) in [5, 5.41) is 29.5. The molecule has 0 saturated heterocycles. The lowest BCUT2D eigenvalue weighted by Crippen LogP contribution is -2.00. The van der Waals surface area contributed by atoms with Crippen LogP contribution in [0, 0.1) is 11.8 Å². The second-order valence-electron chi connectivity index (χ2n) is 4.44. The smallest absolute Gasteiger partial charge is 0.344 e. The molecule has 0 aliphatic rings. The molecule has 1 heterocycles. The molecular weight excluding hydrogens is 272 g/mol.